The molecule has 2 aromatic heterocycles. The van der Waals surface area contributed by atoms with E-state index in [0.29, 0.717) is 26.2 Å². The number of rotatable bonds is 4. The zero-order chi connectivity index (χ0) is 18.6. The van der Waals surface area contributed by atoms with Crippen LogP contribution in [0.4, 0.5) is 0 Å². The second-order valence-electron chi connectivity index (χ2n) is 6.80. The molecule has 1 aliphatic heterocycles. The van der Waals surface area contributed by atoms with Crippen LogP contribution < -0.4 is 0 Å². The highest BCUT2D eigenvalue weighted by molar-refractivity contribution is 5.79. The van der Waals surface area contributed by atoms with E-state index in [1.54, 1.807) is 29.7 Å². The highest BCUT2D eigenvalue weighted by Crippen LogP contribution is 2.18. The van der Waals surface area contributed by atoms with Crippen LogP contribution in [0.5, 0.6) is 0 Å². The standard InChI is InChI=1S/C20H21N5O2/c26-17-12-24(11-16-4-1-5-18-20(16)23-8-7-22-18)14-19(27)25(13-17)10-15-3-2-6-21-9-15/h1-9,17,26H,10-14H2. The SMILES string of the molecule is O=C1CN(Cc2cccc3nccnc23)CC(O)CN1Cc1cccnc1. The van der Waals surface area contributed by atoms with Crippen LogP contribution in [0.3, 0.4) is 0 Å². The molecule has 7 heteroatoms. The van der Waals surface area contributed by atoms with Gasteiger partial charge in [-0.3, -0.25) is 24.6 Å². The molecule has 0 radical (unpaired) electrons. The number of β-amino-alcohol motifs (C(OH)–C–C–N with tert-alkyl or cyclic N) is 1. The minimum absolute atomic E-state index is 0.00160. The Balaban J connectivity index is 1.51. The van der Waals surface area contributed by atoms with Crippen LogP contribution in [0.2, 0.25) is 0 Å². The number of hydrogen-bond donors (Lipinski definition) is 1. The zero-order valence-electron chi connectivity index (χ0n) is 14.9. The molecule has 1 atom stereocenters. The second-order valence-corrected chi connectivity index (χ2v) is 6.80. The molecule has 3 heterocycles. The van der Waals surface area contributed by atoms with Crippen LogP contribution in [0.25, 0.3) is 11.0 Å². The van der Waals surface area contributed by atoms with Crippen molar-refractivity contribution in [1.82, 2.24) is 24.8 Å². The summed E-state index contributed by atoms with van der Waals surface area (Å²) in [5.74, 6) is 0.00160. The molecule has 138 valence electrons. The lowest BCUT2D eigenvalue weighted by molar-refractivity contribution is -0.132. The average molecular weight is 363 g/mol. The number of carbonyl (C=O) groups excluding carboxylic acids is 1. The molecule has 4 rings (SSSR count). The Hall–Kier alpha value is -2.90. The maximum Gasteiger partial charge on any atom is 0.237 e. The summed E-state index contributed by atoms with van der Waals surface area (Å²) >= 11 is 0. The Morgan fingerprint density at radius 3 is 2.78 bits per heavy atom. The molecule has 1 fully saturated rings. The number of hydrogen-bond acceptors (Lipinski definition) is 6. The van der Waals surface area contributed by atoms with Crippen LogP contribution >= 0.6 is 0 Å². The number of aliphatic hydroxyl groups excluding tert-OH is 1. The Kier molecular flexibility index (Phi) is 5.04. The number of carbonyl (C=O) groups is 1. The molecule has 0 aliphatic carbocycles. The molecule has 0 spiro atoms. The first kappa shape index (κ1) is 17.5. The normalized spacial score (nSPS) is 18.6. The summed E-state index contributed by atoms with van der Waals surface area (Å²) in [7, 11) is 0. The molecule has 1 aliphatic rings. The number of amides is 1. The number of nitrogens with zero attached hydrogens (tertiary/aromatic N) is 5. The first-order chi connectivity index (χ1) is 13.2. The number of para-hydroxylation sites is 1. The fourth-order valence-corrected chi connectivity index (χ4v) is 3.47. The van der Waals surface area contributed by atoms with Crippen molar-refractivity contribution >= 4 is 16.9 Å². The molecule has 0 bridgehead atoms. The molecular weight excluding hydrogens is 342 g/mol. The summed E-state index contributed by atoms with van der Waals surface area (Å²) in [5.41, 5.74) is 3.62. The molecule has 1 aromatic carbocycles. The smallest absolute Gasteiger partial charge is 0.237 e. The summed E-state index contributed by atoms with van der Waals surface area (Å²) in [4.78, 5) is 29.3. The van der Waals surface area contributed by atoms with Crippen LogP contribution in [0.1, 0.15) is 11.1 Å². The third-order valence-corrected chi connectivity index (χ3v) is 4.68. The van der Waals surface area contributed by atoms with Crippen molar-refractivity contribution in [2.45, 2.75) is 19.2 Å². The van der Waals surface area contributed by atoms with Crippen molar-refractivity contribution in [2.75, 3.05) is 19.6 Å². The first-order valence-corrected chi connectivity index (χ1v) is 8.95. The monoisotopic (exact) mass is 363 g/mol. The van der Waals surface area contributed by atoms with Gasteiger partial charge >= 0.3 is 0 Å². The van der Waals surface area contributed by atoms with Gasteiger partial charge in [0.1, 0.15) is 0 Å². The van der Waals surface area contributed by atoms with Gasteiger partial charge < -0.3 is 10.0 Å². The van der Waals surface area contributed by atoms with Crippen LogP contribution in [-0.2, 0) is 17.9 Å². The summed E-state index contributed by atoms with van der Waals surface area (Å²) in [5, 5.41) is 10.4. The van der Waals surface area contributed by atoms with Gasteiger partial charge in [-0.05, 0) is 23.3 Å². The van der Waals surface area contributed by atoms with Gasteiger partial charge in [0.2, 0.25) is 5.91 Å². The van der Waals surface area contributed by atoms with Crippen molar-refractivity contribution in [1.29, 1.82) is 0 Å². The van der Waals surface area contributed by atoms with E-state index in [2.05, 4.69) is 15.0 Å². The summed E-state index contributed by atoms with van der Waals surface area (Å²) < 4.78 is 0. The zero-order valence-corrected chi connectivity index (χ0v) is 14.9. The van der Waals surface area contributed by atoms with E-state index >= 15 is 0 Å². The van der Waals surface area contributed by atoms with Crippen molar-refractivity contribution < 1.29 is 9.90 Å². The van der Waals surface area contributed by atoms with Gasteiger partial charge in [-0.2, -0.15) is 0 Å². The summed E-state index contributed by atoms with van der Waals surface area (Å²) in [6.45, 7) is 2.01. The Labute approximate surface area is 157 Å². The van der Waals surface area contributed by atoms with Gasteiger partial charge in [0.05, 0.1) is 23.7 Å². The van der Waals surface area contributed by atoms with Crippen LogP contribution in [-0.4, -0.2) is 61.5 Å². The van der Waals surface area contributed by atoms with E-state index in [1.165, 1.54) is 0 Å². The fourth-order valence-electron chi connectivity index (χ4n) is 3.47. The van der Waals surface area contributed by atoms with Crippen LogP contribution in [0.15, 0.2) is 55.1 Å². The molecule has 1 unspecified atom stereocenters. The third-order valence-electron chi connectivity index (χ3n) is 4.68. The third kappa shape index (κ3) is 4.10. The lowest BCUT2D eigenvalue weighted by atomic mass is 10.1. The molecule has 0 saturated carbocycles. The van der Waals surface area contributed by atoms with Gasteiger partial charge in [0.15, 0.2) is 0 Å². The number of aliphatic hydroxyl groups is 1. The predicted molar refractivity (Wildman–Crippen MR) is 100 cm³/mol. The molecule has 7 nitrogen and oxygen atoms in total. The maximum atomic E-state index is 12.8. The largest absolute Gasteiger partial charge is 0.390 e. The van der Waals surface area contributed by atoms with Gasteiger partial charge in [-0.25, -0.2) is 0 Å². The number of fused-ring (bicyclic) bond motifs is 1. The van der Waals surface area contributed by atoms with Crippen LogP contribution in [0, 0.1) is 0 Å². The minimum atomic E-state index is -0.603. The molecule has 3 aromatic rings. The number of pyridine rings is 1. The van der Waals surface area contributed by atoms with E-state index < -0.39 is 6.10 Å². The summed E-state index contributed by atoms with van der Waals surface area (Å²) in [6.07, 6.45) is 6.19. The minimum Gasteiger partial charge on any atom is -0.390 e. The van der Waals surface area contributed by atoms with Crippen molar-refractivity contribution in [3.8, 4) is 0 Å². The number of benzene rings is 1. The highest BCUT2D eigenvalue weighted by atomic mass is 16.3. The molecule has 1 amide bonds. The first-order valence-electron chi connectivity index (χ1n) is 8.95. The Morgan fingerprint density at radius 1 is 1.04 bits per heavy atom. The average Bonchev–Trinajstić information content (AvgIpc) is 2.81. The Morgan fingerprint density at radius 2 is 1.93 bits per heavy atom. The van der Waals surface area contributed by atoms with E-state index in [4.69, 9.17) is 0 Å². The van der Waals surface area contributed by atoms with E-state index in [9.17, 15) is 9.90 Å². The molecule has 1 saturated heterocycles. The van der Waals surface area contributed by atoms with Crippen molar-refractivity contribution in [3.63, 3.8) is 0 Å². The fraction of sp³-hybridized carbons (Fsp3) is 0.300. The van der Waals surface area contributed by atoms with Crippen molar-refractivity contribution in [3.05, 3.63) is 66.2 Å². The van der Waals surface area contributed by atoms with E-state index in [-0.39, 0.29) is 12.5 Å². The maximum absolute atomic E-state index is 12.8. The molecule has 27 heavy (non-hydrogen) atoms. The Bertz CT molecular complexity index is 929. The van der Waals surface area contributed by atoms with Gasteiger partial charge in [-0.15, -0.1) is 0 Å². The van der Waals surface area contributed by atoms with Gasteiger partial charge in [-0.1, -0.05) is 18.2 Å². The molecular formula is C20H21N5O2. The number of aromatic nitrogens is 3. The molecule has 1 N–H and O–H groups in total. The highest BCUT2D eigenvalue weighted by Gasteiger charge is 2.27. The van der Waals surface area contributed by atoms with Crippen molar-refractivity contribution in [2.24, 2.45) is 0 Å². The lowest BCUT2D eigenvalue weighted by Gasteiger charge is -2.22. The van der Waals surface area contributed by atoms with E-state index in [1.807, 2.05) is 35.2 Å². The van der Waals surface area contributed by atoms with Gasteiger partial charge in [0.25, 0.3) is 0 Å². The predicted octanol–water partition coefficient (Wildman–Crippen LogP) is 1.23. The summed E-state index contributed by atoms with van der Waals surface area (Å²) in [6, 6.07) is 9.64. The van der Waals surface area contributed by atoms with Gasteiger partial charge in [0, 0.05) is 51.0 Å². The second kappa shape index (κ2) is 7.77. The topological polar surface area (TPSA) is 82.5 Å². The van der Waals surface area contributed by atoms with E-state index in [0.717, 1.165) is 22.2 Å². The quantitative estimate of drug-likeness (QED) is 0.751. The lowest BCUT2D eigenvalue weighted by Crippen LogP contribution is -2.36.